The van der Waals surface area contributed by atoms with E-state index in [0.29, 0.717) is 16.8 Å². The number of nitrogens with zero attached hydrogens (tertiary/aromatic N) is 3. The first-order valence-electron chi connectivity index (χ1n) is 10.5. The molecule has 2 heterocycles. The van der Waals surface area contributed by atoms with Crippen LogP contribution >= 0.6 is 11.8 Å². The maximum absolute atomic E-state index is 12.8. The molecular weight excluding hydrogens is 400 g/mol. The number of aliphatic imine (C=N–C) groups is 1. The first kappa shape index (κ1) is 22.6. The van der Waals surface area contributed by atoms with Crippen LogP contribution in [0.5, 0.6) is 5.75 Å². The summed E-state index contributed by atoms with van der Waals surface area (Å²) < 4.78 is 5.27. The number of hydrazine groups is 1. The van der Waals surface area contributed by atoms with E-state index < -0.39 is 0 Å². The summed E-state index contributed by atoms with van der Waals surface area (Å²) in [6, 6.07) is 7.69. The molecule has 1 saturated heterocycles. The second kappa shape index (κ2) is 10.3. The van der Waals surface area contributed by atoms with Crippen molar-refractivity contribution in [2.24, 2.45) is 10.9 Å². The maximum Gasteiger partial charge on any atom is 0.233 e. The number of amidine groups is 2. The van der Waals surface area contributed by atoms with Crippen molar-refractivity contribution < 1.29 is 9.53 Å². The Morgan fingerprint density at radius 3 is 2.50 bits per heavy atom. The molecule has 1 aromatic carbocycles. The zero-order chi connectivity index (χ0) is 21.7. The van der Waals surface area contributed by atoms with Crippen molar-refractivity contribution in [3.63, 3.8) is 0 Å². The van der Waals surface area contributed by atoms with Crippen LogP contribution in [-0.2, 0) is 4.79 Å². The van der Waals surface area contributed by atoms with Gasteiger partial charge in [0, 0.05) is 24.8 Å². The van der Waals surface area contributed by atoms with Gasteiger partial charge in [0.05, 0.1) is 18.8 Å². The Labute approximate surface area is 182 Å². The lowest BCUT2D eigenvalue weighted by Gasteiger charge is -2.36. The highest BCUT2D eigenvalue weighted by atomic mass is 32.2. The molecule has 9 heteroatoms. The third kappa shape index (κ3) is 4.79. The predicted octanol–water partition coefficient (Wildman–Crippen LogP) is 2.67. The lowest BCUT2D eigenvalue weighted by atomic mass is 9.97. The first-order valence-corrected chi connectivity index (χ1v) is 11.5. The minimum absolute atomic E-state index is 0.0798. The highest BCUT2D eigenvalue weighted by Gasteiger charge is 2.43. The van der Waals surface area contributed by atoms with Crippen molar-refractivity contribution in [1.82, 2.24) is 15.8 Å². The summed E-state index contributed by atoms with van der Waals surface area (Å²) >= 11 is 1.40. The monoisotopic (exact) mass is 432 g/mol. The molecule has 0 saturated carbocycles. The van der Waals surface area contributed by atoms with E-state index in [1.165, 1.54) is 11.8 Å². The fourth-order valence-corrected chi connectivity index (χ4v) is 4.75. The maximum atomic E-state index is 12.8. The molecule has 3 atom stereocenters. The average Bonchev–Trinajstić information content (AvgIpc) is 3.13. The summed E-state index contributed by atoms with van der Waals surface area (Å²) in [6.45, 7) is 7.75. The van der Waals surface area contributed by atoms with Gasteiger partial charge in [0.1, 0.15) is 17.8 Å². The number of rotatable bonds is 8. The van der Waals surface area contributed by atoms with Crippen LogP contribution in [0.1, 0.15) is 33.6 Å². The van der Waals surface area contributed by atoms with Gasteiger partial charge in [-0.25, -0.2) is 10.4 Å². The minimum atomic E-state index is -0.206. The van der Waals surface area contributed by atoms with Crippen LogP contribution in [-0.4, -0.2) is 60.0 Å². The van der Waals surface area contributed by atoms with Crippen molar-refractivity contribution in [2.45, 2.75) is 45.8 Å². The van der Waals surface area contributed by atoms with Gasteiger partial charge >= 0.3 is 0 Å². The Bertz CT molecular complexity index is 778. The van der Waals surface area contributed by atoms with Crippen LogP contribution in [0.2, 0.25) is 0 Å². The van der Waals surface area contributed by atoms with Gasteiger partial charge in [0.15, 0.2) is 5.17 Å². The highest BCUT2D eigenvalue weighted by molar-refractivity contribution is 8.14. The number of carbonyl (C=O) groups is 1. The summed E-state index contributed by atoms with van der Waals surface area (Å²) in [7, 11) is 1.63. The molecule has 0 aliphatic carbocycles. The summed E-state index contributed by atoms with van der Waals surface area (Å²) in [5.41, 5.74) is 7.21. The van der Waals surface area contributed by atoms with Crippen LogP contribution in [0.4, 0.5) is 5.69 Å². The number of thioether (sulfide) groups is 1. The predicted molar refractivity (Wildman–Crippen MR) is 123 cm³/mol. The molecule has 3 unspecified atom stereocenters. The molecule has 0 radical (unpaired) electrons. The number of nitrogens with one attached hydrogen (secondary N) is 3. The van der Waals surface area contributed by atoms with Crippen molar-refractivity contribution in [2.75, 3.05) is 30.9 Å². The van der Waals surface area contributed by atoms with Crippen molar-refractivity contribution >= 4 is 34.4 Å². The zero-order valence-corrected chi connectivity index (χ0v) is 19.0. The first-order chi connectivity index (χ1) is 14.5. The number of ether oxygens (including phenoxy) is 1. The molecule has 164 valence electrons. The van der Waals surface area contributed by atoms with Crippen molar-refractivity contribution in [3.05, 3.63) is 24.3 Å². The van der Waals surface area contributed by atoms with Crippen LogP contribution in [0.3, 0.4) is 0 Å². The van der Waals surface area contributed by atoms with E-state index in [1.54, 1.807) is 7.11 Å². The van der Waals surface area contributed by atoms with Gasteiger partial charge in [-0.3, -0.25) is 20.5 Å². The van der Waals surface area contributed by atoms with Crippen molar-refractivity contribution in [3.8, 4) is 5.75 Å². The molecule has 3 rings (SSSR count). The second-order valence-electron chi connectivity index (χ2n) is 7.55. The summed E-state index contributed by atoms with van der Waals surface area (Å²) in [6.07, 6.45) is 1.68. The molecule has 1 aromatic rings. The van der Waals surface area contributed by atoms with E-state index in [0.717, 1.165) is 37.4 Å². The summed E-state index contributed by atoms with van der Waals surface area (Å²) in [5, 5.41) is 9.56. The quantitative estimate of drug-likeness (QED) is 0.585. The molecule has 1 fully saturated rings. The third-order valence-corrected chi connectivity index (χ3v) is 6.27. The van der Waals surface area contributed by atoms with Gasteiger partial charge in [-0.15, -0.1) is 0 Å². The molecule has 1 amide bonds. The largest absolute Gasteiger partial charge is 0.497 e. The fourth-order valence-electron chi connectivity index (χ4n) is 3.80. The van der Waals surface area contributed by atoms with E-state index in [4.69, 9.17) is 15.1 Å². The van der Waals surface area contributed by atoms with Crippen LogP contribution in [0.25, 0.3) is 0 Å². The Morgan fingerprint density at radius 1 is 1.23 bits per heavy atom. The van der Waals surface area contributed by atoms with Gasteiger partial charge in [-0.05, 0) is 44.0 Å². The number of carbonyl (C=O) groups excluding carboxylic acids is 1. The topological polar surface area (TPSA) is 93.1 Å². The fraction of sp³-hybridized carbons (Fsp3) is 0.571. The zero-order valence-electron chi connectivity index (χ0n) is 18.1. The van der Waals surface area contributed by atoms with E-state index in [1.807, 2.05) is 41.0 Å². The molecular formula is C21H32N6O2S. The molecule has 8 nitrogen and oxygen atoms in total. The average molecular weight is 433 g/mol. The Kier molecular flexibility index (Phi) is 7.74. The molecule has 3 N–H and O–H groups in total. The number of hydrogen-bond donors (Lipinski definition) is 3. The SMILES string of the molecule is CCCN(CCC)C(=O)CSC1=NC2NNC(C)C2C(=N)N1c1ccc(OC)cc1. The van der Waals surface area contributed by atoms with Gasteiger partial charge in [-0.2, -0.15) is 0 Å². The molecule has 2 aliphatic rings. The molecule has 0 aromatic heterocycles. The van der Waals surface area contributed by atoms with Gasteiger partial charge in [0.25, 0.3) is 0 Å². The lowest BCUT2D eigenvalue weighted by molar-refractivity contribution is -0.128. The molecule has 0 spiro atoms. The summed E-state index contributed by atoms with van der Waals surface area (Å²) in [5.74, 6) is 1.57. The highest BCUT2D eigenvalue weighted by Crippen LogP contribution is 2.32. The van der Waals surface area contributed by atoms with E-state index in [9.17, 15) is 4.79 Å². The minimum Gasteiger partial charge on any atom is -0.497 e. The van der Waals surface area contributed by atoms with E-state index in [2.05, 4.69) is 24.7 Å². The van der Waals surface area contributed by atoms with Gasteiger partial charge in [-0.1, -0.05) is 25.6 Å². The second-order valence-corrected chi connectivity index (χ2v) is 8.49. The number of methoxy groups -OCH3 is 1. The Morgan fingerprint density at radius 2 is 1.90 bits per heavy atom. The van der Waals surface area contributed by atoms with Crippen LogP contribution in [0.15, 0.2) is 29.3 Å². The van der Waals surface area contributed by atoms with Crippen molar-refractivity contribution in [1.29, 1.82) is 5.41 Å². The van der Waals surface area contributed by atoms with Crippen LogP contribution in [0, 0.1) is 11.3 Å². The Hall–Kier alpha value is -2.10. The van der Waals surface area contributed by atoms with E-state index >= 15 is 0 Å². The standard InChI is InChI=1S/C21H32N6O2S/c1-5-11-26(12-6-2)17(28)13-30-21-23-20-18(14(3)24-25-20)19(22)27(21)15-7-9-16(29-4)10-8-15/h7-10,14,18,20,22,24-25H,5-6,11-13H2,1-4H3. The third-order valence-electron chi connectivity index (χ3n) is 5.33. The Balaban J connectivity index is 1.83. The summed E-state index contributed by atoms with van der Waals surface area (Å²) in [4.78, 5) is 21.4. The van der Waals surface area contributed by atoms with Crippen LogP contribution < -0.4 is 20.5 Å². The smallest absolute Gasteiger partial charge is 0.233 e. The number of benzene rings is 1. The number of hydrogen-bond acceptors (Lipinski definition) is 7. The molecule has 2 aliphatic heterocycles. The molecule has 30 heavy (non-hydrogen) atoms. The normalized spacial score (nSPS) is 23.2. The van der Waals surface area contributed by atoms with E-state index in [-0.39, 0.29) is 24.0 Å². The van der Waals surface area contributed by atoms with Gasteiger partial charge in [0.2, 0.25) is 5.91 Å². The molecule has 0 bridgehead atoms. The number of anilines is 1. The van der Waals surface area contributed by atoms with Gasteiger partial charge < -0.3 is 9.64 Å². The number of amides is 1. The number of fused-ring (bicyclic) bond motifs is 1. The lowest BCUT2D eigenvalue weighted by Crippen LogP contribution is -2.50.